The van der Waals surface area contributed by atoms with Gasteiger partial charge in [0.05, 0.1) is 30.7 Å². The van der Waals surface area contributed by atoms with Gasteiger partial charge in [0.1, 0.15) is 11.4 Å². The molecule has 0 fully saturated rings. The van der Waals surface area contributed by atoms with Gasteiger partial charge in [-0.2, -0.15) is 0 Å². The molecule has 0 aliphatic carbocycles. The summed E-state index contributed by atoms with van der Waals surface area (Å²) in [4.78, 5) is 29.2. The Morgan fingerprint density at radius 3 is 2.49 bits per heavy atom. The molecule has 6 nitrogen and oxygen atoms in total. The molecule has 3 aromatic carbocycles. The van der Waals surface area contributed by atoms with Crippen LogP contribution in [0.2, 0.25) is 0 Å². The minimum absolute atomic E-state index is 0.0266. The van der Waals surface area contributed by atoms with E-state index in [1.54, 1.807) is 36.3 Å². The molecule has 1 aliphatic heterocycles. The Morgan fingerprint density at radius 2 is 1.74 bits per heavy atom. The molecule has 7 heteroatoms. The van der Waals surface area contributed by atoms with Gasteiger partial charge in [-0.1, -0.05) is 56.0 Å². The lowest BCUT2D eigenvalue weighted by Gasteiger charge is -2.26. The van der Waals surface area contributed by atoms with E-state index >= 15 is 0 Å². The van der Waals surface area contributed by atoms with Crippen LogP contribution in [0.25, 0.3) is 11.0 Å². The number of ether oxygens (including phenoxy) is 2. The van der Waals surface area contributed by atoms with Gasteiger partial charge in [-0.15, -0.1) is 0 Å². The maximum Gasteiger partial charge on any atom is 0.291 e. The van der Waals surface area contributed by atoms with E-state index in [-0.39, 0.29) is 29.1 Å². The molecule has 202 valence electrons. The molecule has 1 atom stereocenters. The first-order valence-electron chi connectivity index (χ1n) is 13.3. The quantitative estimate of drug-likeness (QED) is 0.208. The summed E-state index contributed by atoms with van der Waals surface area (Å²) < 4.78 is 31.3. The van der Waals surface area contributed by atoms with Crippen LogP contribution in [0.3, 0.4) is 0 Å². The van der Waals surface area contributed by atoms with Crippen LogP contribution in [0, 0.1) is 12.7 Å². The number of benzene rings is 3. The third kappa shape index (κ3) is 5.26. The van der Waals surface area contributed by atoms with Gasteiger partial charge in [0.2, 0.25) is 5.76 Å². The van der Waals surface area contributed by atoms with Crippen molar-refractivity contribution in [1.29, 1.82) is 0 Å². The Morgan fingerprint density at radius 1 is 0.949 bits per heavy atom. The predicted molar refractivity (Wildman–Crippen MR) is 148 cm³/mol. The van der Waals surface area contributed by atoms with Crippen molar-refractivity contribution in [3.8, 4) is 11.5 Å². The number of carbonyl (C=O) groups excluding carboxylic acids is 1. The molecule has 1 unspecified atom stereocenters. The van der Waals surface area contributed by atoms with E-state index in [9.17, 15) is 14.0 Å². The summed E-state index contributed by atoms with van der Waals surface area (Å²) in [7, 11) is 1.57. The van der Waals surface area contributed by atoms with Gasteiger partial charge in [-0.05, 0) is 60.9 Å². The average Bonchev–Trinajstić information content (AvgIpc) is 3.21. The van der Waals surface area contributed by atoms with Gasteiger partial charge in [0.25, 0.3) is 5.91 Å². The highest BCUT2D eigenvalue weighted by Gasteiger charge is 2.43. The molecule has 0 spiro atoms. The maximum absolute atomic E-state index is 13.8. The van der Waals surface area contributed by atoms with Crippen LogP contribution in [-0.4, -0.2) is 24.5 Å². The molecule has 0 saturated carbocycles. The molecule has 0 saturated heterocycles. The fourth-order valence-electron chi connectivity index (χ4n) is 5.11. The SMILES string of the molecule is CCCCCCOc1ccc(C2c3c(oc4ccc(C)cc4c3=O)C(=O)N2Cc2ccc(F)cc2)cc1OC. The van der Waals surface area contributed by atoms with Gasteiger partial charge >= 0.3 is 0 Å². The topological polar surface area (TPSA) is 69.0 Å². The zero-order valence-electron chi connectivity index (χ0n) is 22.5. The number of nitrogens with zero attached hydrogens (tertiary/aromatic N) is 1. The Hall–Kier alpha value is -4.13. The molecule has 1 aromatic heterocycles. The standard InChI is InChI=1S/C32H32FNO5/c1-4-5-6-7-16-38-26-15-11-22(18-27(26)37-3)29-28-30(35)24-17-20(2)8-14-25(24)39-31(28)32(36)34(29)19-21-9-12-23(33)13-10-21/h8-15,17-18,29H,4-7,16,19H2,1-3H3. The second-order valence-electron chi connectivity index (χ2n) is 9.96. The lowest BCUT2D eigenvalue weighted by Crippen LogP contribution is -2.29. The third-order valence-electron chi connectivity index (χ3n) is 7.15. The summed E-state index contributed by atoms with van der Waals surface area (Å²) in [6, 6.07) is 16.1. The van der Waals surface area contributed by atoms with E-state index < -0.39 is 11.9 Å². The van der Waals surface area contributed by atoms with Crippen molar-refractivity contribution >= 4 is 16.9 Å². The van der Waals surface area contributed by atoms with Crippen LogP contribution in [0.15, 0.2) is 69.9 Å². The smallest absolute Gasteiger partial charge is 0.291 e. The summed E-state index contributed by atoms with van der Waals surface area (Å²) in [5.41, 5.74) is 2.75. The van der Waals surface area contributed by atoms with Crippen LogP contribution in [-0.2, 0) is 6.54 Å². The number of carbonyl (C=O) groups is 1. The van der Waals surface area contributed by atoms with Crippen molar-refractivity contribution in [1.82, 2.24) is 4.90 Å². The van der Waals surface area contributed by atoms with E-state index in [2.05, 4.69) is 6.92 Å². The molecular formula is C32H32FNO5. The monoisotopic (exact) mass is 529 g/mol. The first kappa shape index (κ1) is 26.5. The van der Waals surface area contributed by atoms with Crippen LogP contribution >= 0.6 is 0 Å². The van der Waals surface area contributed by atoms with E-state index in [1.807, 2.05) is 31.2 Å². The Bertz CT molecular complexity index is 1560. The van der Waals surface area contributed by atoms with Crippen molar-refractivity contribution in [2.24, 2.45) is 0 Å². The third-order valence-corrected chi connectivity index (χ3v) is 7.15. The number of amides is 1. The molecule has 1 amide bonds. The largest absolute Gasteiger partial charge is 0.493 e. The molecule has 1 aliphatic rings. The van der Waals surface area contributed by atoms with E-state index in [0.717, 1.165) is 36.8 Å². The van der Waals surface area contributed by atoms with Crippen molar-refractivity contribution in [3.63, 3.8) is 0 Å². The highest BCUT2D eigenvalue weighted by Crippen LogP contribution is 2.41. The minimum Gasteiger partial charge on any atom is -0.493 e. The predicted octanol–water partition coefficient (Wildman–Crippen LogP) is 6.95. The van der Waals surface area contributed by atoms with Crippen molar-refractivity contribution in [2.45, 2.75) is 52.1 Å². The Labute approximate surface area is 227 Å². The summed E-state index contributed by atoms with van der Waals surface area (Å²) in [5, 5.41) is 0.425. The van der Waals surface area contributed by atoms with Crippen LogP contribution < -0.4 is 14.9 Å². The number of aryl methyl sites for hydroxylation is 1. The van der Waals surface area contributed by atoms with Crippen LogP contribution in [0.5, 0.6) is 11.5 Å². The lowest BCUT2D eigenvalue weighted by molar-refractivity contribution is 0.0714. The number of halogens is 1. The molecule has 5 rings (SSSR count). The zero-order chi connectivity index (χ0) is 27.5. The molecule has 0 N–H and O–H groups in total. The second-order valence-corrected chi connectivity index (χ2v) is 9.96. The molecule has 39 heavy (non-hydrogen) atoms. The number of unbranched alkanes of at least 4 members (excludes halogenated alkanes) is 3. The summed E-state index contributed by atoms with van der Waals surface area (Å²) in [6.07, 6.45) is 4.35. The summed E-state index contributed by atoms with van der Waals surface area (Å²) in [5.74, 6) is 0.396. The van der Waals surface area contributed by atoms with Crippen molar-refractivity contribution < 1.29 is 23.1 Å². The summed E-state index contributed by atoms with van der Waals surface area (Å²) in [6.45, 7) is 4.81. The fraction of sp³-hybridized carbons (Fsp3) is 0.312. The number of hydrogen-bond acceptors (Lipinski definition) is 5. The number of hydrogen-bond donors (Lipinski definition) is 0. The van der Waals surface area contributed by atoms with E-state index in [0.29, 0.717) is 34.6 Å². The lowest BCUT2D eigenvalue weighted by atomic mass is 9.97. The molecule has 4 aromatic rings. The van der Waals surface area contributed by atoms with E-state index in [1.165, 1.54) is 12.1 Å². The van der Waals surface area contributed by atoms with E-state index in [4.69, 9.17) is 13.9 Å². The molecule has 0 radical (unpaired) electrons. The minimum atomic E-state index is -0.716. The highest BCUT2D eigenvalue weighted by atomic mass is 19.1. The van der Waals surface area contributed by atoms with Crippen molar-refractivity contribution in [3.05, 3.63) is 105 Å². The van der Waals surface area contributed by atoms with Gasteiger partial charge in [0.15, 0.2) is 16.9 Å². The van der Waals surface area contributed by atoms with Gasteiger partial charge in [-0.25, -0.2) is 4.39 Å². The van der Waals surface area contributed by atoms with Gasteiger partial charge < -0.3 is 18.8 Å². The molecule has 0 bridgehead atoms. The Balaban J connectivity index is 1.58. The fourth-order valence-corrected chi connectivity index (χ4v) is 5.11. The Kier molecular flexibility index (Phi) is 7.68. The number of rotatable bonds is 10. The van der Waals surface area contributed by atoms with Crippen LogP contribution in [0.1, 0.15) is 71.5 Å². The number of fused-ring (bicyclic) bond motifs is 2. The second kappa shape index (κ2) is 11.3. The average molecular weight is 530 g/mol. The maximum atomic E-state index is 13.8. The highest BCUT2D eigenvalue weighted by molar-refractivity contribution is 5.99. The van der Waals surface area contributed by atoms with Gasteiger partial charge in [-0.3, -0.25) is 9.59 Å². The van der Waals surface area contributed by atoms with Crippen molar-refractivity contribution in [2.75, 3.05) is 13.7 Å². The molecule has 2 heterocycles. The molecular weight excluding hydrogens is 497 g/mol. The van der Waals surface area contributed by atoms with Gasteiger partial charge in [0, 0.05) is 6.54 Å². The zero-order valence-corrected chi connectivity index (χ0v) is 22.5. The summed E-state index contributed by atoms with van der Waals surface area (Å²) >= 11 is 0. The number of methoxy groups -OCH3 is 1. The normalized spacial score (nSPS) is 14.6. The first-order valence-corrected chi connectivity index (χ1v) is 13.3. The first-order chi connectivity index (χ1) is 18.9. The van der Waals surface area contributed by atoms with Crippen LogP contribution in [0.4, 0.5) is 4.39 Å².